The number of anilines is 1. The van der Waals surface area contributed by atoms with Crippen LogP contribution in [0.3, 0.4) is 0 Å². The molecular weight excluding hydrogens is 236 g/mol. The standard InChI is InChI=1S/C15H20N4/c1-18-6-8-19(9-7-18)11-13-10-12-4-2-3-5-14(12)17-15(13)16/h2-5,10H,6-9,11H2,1H3,(H2,16,17). The van der Waals surface area contributed by atoms with Crippen LogP contribution >= 0.6 is 0 Å². The molecule has 4 nitrogen and oxygen atoms in total. The first-order valence-electron chi connectivity index (χ1n) is 6.77. The van der Waals surface area contributed by atoms with E-state index >= 15 is 0 Å². The first-order chi connectivity index (χ1) is 9.22. The Morgan fingerprint density at radius 3 is 2.68 bits per heavy atom. The van der Waals surface area contributed by atoms with Crippen LogP contribution in [0, 0.1) is 0 Å². The number of rotatable bonds is 2. The van der Waals surface area contributed by atoms with Crippen LogP contribution in [-0.4, -0.2) is 48.0 Å². The average molecular weight is 256 g/mol. The second kappa shape index (κ2) is 5.15. The lowest BCUT2D eigenvalue weighted by Gasteiger charge is -2.32. The van der Waals surface area contributed by atoms with E-state index in [0.717, 1.165) is 43.8 Å². The van der Waals surface area contributed by atoms with E-state index in [1.165, 1.54) is 5.39 Å². The Morgan fingerprint density at radius 2 is 1.89 bits per heavy atom. The number of pyridine rings is 1. The van der Waals surface area contributed by atoms with E-state index in [4.69, 9.17) is 5.73 Å². The van der Waals surface area contributed by atoms with Crippen molar-refractivity contribution in [2.45, 2.75) is 6.54 Å². The average Bonchev–Trinajstić information content (AvgIpc) is 2.42. The van der Waals surface area contributed by atoms with Crippen molar-refractivity contribution >= 4 is 16.7 Å². The summed E-state index contributed by atoms with van der Waals surface area (Å²) in [4.78, 5) is 9.30. The molecule has 0 spiro atoms. The molecular formula is C15H20N4. The van der Waals surface area contributed by atoms with Gasteiger partial charge in [0, 0.05) is 43.7 Å². The second-order valence-electron chi connectivity index (χ2n) is 5.30. The first kappa shape index (κ1) is 12.4. The lowest BCUT2D eigenvalue weighted by molar-refractivity contribution is 0.148. The van der Waals surface area contributed by atoms with Gasteiger partial charge in [0.25, 0.3) is 0 Å². The van der Waals surface area contributed by atoms with Crippen LogP contribution in [0.2, 0.25) is 0 Å². The van der Waals surface area contributed by atoms with Gasteiger partial charge in [0.2, 0.25) is 0 Å². The maximum atomic E-state index is 6.08. The number of hydrogen-bond donors (Lipinski definition) is 1. The van der Waals surface area contributed by atoms with E-state index in [9.17, 15) is 0 Å². The number of hydrogen-bond acceptors (Lipinski definition) is 4. The molecule has 19 heavy (non-hydrogen) atoms. The highest BCUT2D eigenvalue weighted by molar-refractivity contribution is 5.81. The van der Waals surface area contributed by atoms with Gasteiger partial charge in [-0.25, -0.2) is 4.98 Å². The Hall–Kier alpha value is -1.65. The van der Waals surface area contributed by atoms with Gasteiger partial charge in [0.15, 0.2) is 0 Å². The van der Waals surface area contributed by atoms with E-state index < -0.39 is 0 Å². The summed E-state index contributed by atoms with van der Waals surface area (Å²) in [5, 5.41) is 1.17. The summed E-state index contributed by atoms with van der Waals surface area (Å²) in [7, 11) is 2.17. The predicted molar refractivity (Wildman–Crippen MR) is 78.9 cm³/mol. The number of likely N-dealkylation sites (N-methyl/N-ethyl adjacent to an activating group) is 1. The van der Waals surface area contributed by atoms with Crippen LogP contribution in [0.25, 0.3) is 10.9 Å². The van der Waals surface area contributed by atoms with Gasteiger partial charge in [-0.2, -0.15) is 0 Å². The quantitative estimate of drug-likeness (QED) is 0.886. The van der Waals surface area contributed by atoms with E-state index in [1.54, 1.807) is 0 Å². The molecule has 1 saturated heterocycles. The van der Waals surface area contributed by atoms with Crippen LogP contribution in [0.4, 0.5) is 5.82 Å². The van der Waals surface area contributed by atoms with Crippen molar-refractivity contribution in [1.82, 2.24) is 14.8 Å². The lowest BCUT2D eigenvalue weighted by Crippen LogP contribution is -2.44. The van der Waals surface area contributed by atoms with Gasteiger partial charge in [-0.15, -0.1) is 0 Å². The smallest absolute Gasteiger partial charge is 0.128 e. The normalized spacial score (nSPS) is 17.9. The fraction of sp³-hybridized carbons (Fsp3) is 0.400. The summed E-state index contributed by atoms with van der Waals surface area (Å²) >= 11 is 0. The lowest BCUT2D eigenvalue weighted by atomic mass is 10.1. The monoisotopic (exact) mass is 256 g/mol. The van der Waals surface area contributed by atoms with Crippen molar-refractivity contribution in [2.75, 3.05) is 39.0 Å². The third-order valence-electron chi connectivity index (χ3n) is 3.83. The summed E-state index contributed by atoms with van der Waals surface area (Å²) in [5.74, 6) is 0.664. The molecule has 0 aliphatic carbocycles. The fourth-order valence-electron chi connectivity index (χ4n) is 2.55. The summed E-state index contributed by atoms with van der Waals surface area (Å²) in [6.45, 7) is 5.35. The van der Waals surface area contributed by atoms with Gasteiger partial charge in [-0.3, -0.25) is 4.90 Å². The molecule has 1 fully saturated rings. The highest BCUT2D eigenvalue weighted by Gasteiger charge is 2.15. The van der Waals surface area contributed by atoms with E-state index in [0.29, 0.717) is 5.82 Å². The minimum absolute atomic E-state index is 0.664. The van der Waals surface area contributed by atoms with Gasteiger partial charge in [0.05, 0.1) is 5.52 Å². The van der Waals surface area contributed by atoms with Crippen LogP contribution in [-0.2, 0) is 6.54 Å². The van der Waals surface area contributed by atoms with Crippen LogP contribution < -0.4 is 5.73 Å². The molecule has 3 rings (SSSR count). The second-order valence-corrected chi connectivity index (χ2v) is 5.30. The van der Waals surface area contributed by atoms with Crippen molar-refractivity contribution in [3.63, 3.8) is 0 Å². The number of para-hydroxylation sites is 1. The van der Waals surface area contributed by atoms with Gasteiger partial charge < -0.3 is 10.6 Å². The molecule has 0 atom stereocenters. The Balaban J connectivity index is 1.82. The number of nitrogen functional groups attached to an aromatic ring is 1. The highest BCUT2D eigenvalue weighted by atomic mass is 15.2. The number of benzene rings is 1. The van der Waals surface area contributed by atoms with Gasteiger partial charge in [-0.05, 0) is 19.2 Å². The largest absolute Gasteiger partial charge is 0.383 e. The summed E-state index contributed by atoms with van der Waals surface area (Å²) in [6, 6.07) is 10.3. The maximum Gasteiger partial charge on any atom is 0.128 e. The number of nitrogens with two attached hydrogens (primary N) is 1. The van der Waals surface area contributed by atoms with Gasteiger partial charge in [0.1, 0.15) is 5.82 Å². The molecule has 2 aromatic rings. The fourth-order valence-corrected chi connectivity index (χ4v) is 2.55. The molecule has 1 aromatic carbocycles. The third-order valence-corrected chi connectivity index (χ3v) is 3.83. The highest BCUT2D eigenvalue weighted by Crippen LogP contribution is 2.20. The number of piperazine rings is 1. The number of aromatic nitrogens is 1. The van der Waals surface area contributed by atoms with Crippen molar-refractivity contribution in [3.05, 3.63) is 35.9 Å². The zero-order valence-electron chi connectivity index (χ0n) is 11.3. The Labute approximate surface area is 113 Å². The molecule has 2 heterocycles. The first-order valence-corrected chi connectivity index (χ1v) is 6.77. The predicted octanol–water partition coefficient (Wildman–Crippen LogP) is 1.56. The Kier molecular flexibility index (Phi) is 3.36. The van der Waals surface area contributed by atoms with E-state index in [1.807, 2.05) is 18.2 Å². The number of nitrogens with zero attached hydrogens (tertiary/aromatic N) is 3. The van der Waals surface area contributed by atoms with Crippen LogP contribution in [0.1, 0.15) is 5.56 Å². The molecule has 0 amide bonds. The molecule has 2 N–H and O–H groups in total. The minimum Gasteiger partial charge on any atom is -0.383 e. The van der Waals surface area contributed by atoms with E-state index in [2.05, 4.69) is 34.0 Å². The topological polar surface area (TPSA) is 45.4 Å². The summed E-state index contributed by atoms with van der Waals surface area (Å²) in [5.41, 5.74) is 8.20. The van der Waals surface area contributed by atoms with Crippen molar-refractivity contribution in [3.8, 4) is 0 Å². The van der Waals surface area contributed by atoms with Crippen molar-refractivity contribution in [2.24, 2.45) is 0 Å². The molecule has 0 bridgehead atoms. The Morgan fingerprint density at radius 1 is 1.16 bits per heavy atom. The van der Waals surface area contributed by atoms with Gasteiger partial charge >= 0.3 is 0 Å². The molecule has 100 valence electrons. The molecule has 0 unspecified atom stereocenters. The Bertz CT molecular complexity index is 573. The number of fused-ring (bicyclic) bond motifs is 1. The van der Waals surface area contributed by atoms with Crippen molar-refractivity contribution < 1.29 is 0 Å². The molecule has 1 aliphatic heterocycles. The molecule has 1 aromatic heterocycles. The zero-order valence-corrected chi connectivity index (χ0v) is 11.3. The van der Waals surface area contributed by atoms with Gasteiger partial charge in [-0.1, -0.05) is 18.2 Å². The summed E-state index contributed by atoms with van der Waals surface area (Å²) in [6.07, 6.45) is 0. The summed E-state index contributed by atoms with van der Waals surface area (Å²) < 4.78 is 0. The van der Waals surface area contributed by atoms with Crippen LogP contribution in [0.15, 0.2) is 30.3 Å². The third kappa shape index (κ3) is 2.69. The van der Waals surface area contributed by atoms with Crippen molar-refractivity contribution in [1.29, 1.82) is 0 Å². The maximum absolute atomic E-state index is 6.08. The zero-order chi connectivity index (χ0) is 13.2. The molecule has 1 aliphatic rings. The van der Waals surface area contributed by atoms with Crippen LogP contribution in [0.5, 0.6) is 0 Å². The van der Waals surface area contributed by atoms with E-state index in [-0.39, 0.29) is 0 Å². The minimum atomic E-state index is 0.664. The molecule has 0 radical (unpaired) electrons. The molecule has 4 heteroatoms. The SMILES string of the molecule is CN1CCN(Cc2cc3ccccc3nc2N)CC1. The molecule has 0 saturated carbocycles.